The van der Waals surface area contributed by atoms with Crippen LogP contribution in [0.15, 0.2) is 60.4 Å². The first kappa shape index (κ1) is 20.9. The molecule has 1 aliphatic heterocycles. The molecule has 0 atom stereocenters. The summed E-state index contributed by atoms with van der Waals surface area (Å²) in [4.78, 5) is 17.0. The molecule has 1 aromatic heterocycles. The van der Waals surface area contributed by atoms with Gasteiger partial charge in [0, 0.05) is 42.3 Å². The molecule has 1 saturated heterocycles. The van der Waals surface area contributed by atoms with Gasteiger partial charge in [-0.25, -0.2) is 4.39 Å². The van der Waals surface area contributed by atoms with E-state index in [2.05, 4.69) is 16.7 Å². The number of benzene rings is 2. The van der Waals surface area contributed by atoms with Gasteiger partial charge in [-0.1, -0.05) is 49.6 Å². The van der Waals surface area contributed by atoms with Crippen LogP contribution in [0.25, 0.3) is 17.0 Å². The number of carbonyl (C=O) groups excluding carboxylic acids is 1. The lowest BCUT2D eigenvalue weighted by Crippen LogP contribution is -2.41. The van der Waals surface area contributed by atoms with E-state index in [0.29, 0.717) is 17.4 Å². The van der Waals surface area contributed by atoms with Crippen LogP contribution in [0.5, 0.6) is 0 Å². The average molecular weight is 448 g/mol. The number of amides is 1. The zero-order valence-electron chi connectivity index (χ0n) is 18.1. The third kappa shape index (κ3) is 3.73. The molecular formula is C26H26FN3OS. The van der Waals surface area contributed by atoms with Gasteiger partial charge in [0.15, 0.2) is 5.11 Å². The second-order valence-electron chi connectivity index (χ2n) is 8.70. The van der Waals surface area contributed by atoms with E-state index in [1.165, 1.54) is 12.5 Å². The zero-order valence-corrected chi connectivity index (χ0v) is 18.9. The number of nitrogens with zero attached hydrogens (tertiary/aromatic N) is 3. The van der Waals surface area contributed by atoms with Crippen molar-refractivity contribution >= 4 is 40.2 Å². The number of para-hydroxylation sites is 1. The summed E-state index contributed by atoms with van der Waals surface area (Å²) in [5.74, 6) is -0.248. The smallest absolute Gasteiger partial charge is 0.277 e. The van der Waals surface area contributed by atoms with Crippen LogP contribution in [0.1, 0.15) is 43.2 Å². The highest BCUT2D eigenvalue weighted by Crippen LogP contribution is 2.32. The molecule has 0 bridgehead atoms. The fourth-order valence-corrected chi connectivity index (χ4v) is 5.27. The molecule has 0 unspecified atom stereocenters. The number of likely N-dealkylation sites (N-methyl/N-ethyl adjacent to an activating group) is 1. The highest BCUT2D eigenvalue weighted by atomic mass is 32.1. The number of hydrogen-bond donors (Lipinski definition) is 0. The van der Waals surface area contributed by atoms with E-state index >= 15 is 0 Å². The van der Waals surface area contributed by atoms with E-state index in [1.807, 2.05) is 47.3 Å². The van der Waals surface area contributed by atoms with Gasteiger partial charge in [-0.2, -0.15) is 0 Å². The van der Waals surface area contributed by atoms with Crippen LogP contribution >= 0.6 is 12.2 Å². The lowest BCUT2D eigenvalue weighted by Gasteiger charge is -2.30. The van der Waals surface area contributed by atoms with Crippen molar-refractivity contribution in [3.05, 3.63) is 77.4 Å². The molecule has 6 heteroatoms. The molecule has 0 radical (unpaired) electrons. The van der Waals surface area contributed by atoms with Gasteiger partial charge in [0.25, 0.3) is 5.91 Å². The Kier molecular flexibility index (Phi) is 5.55. The Balaban J connectivity index is 1.52. The first-order valence-electron chi connectivity index (χ1n) is 11.2. The number of halogens is 1. The SMILES string of the molecule is CN1C(=S)N(C2CCCCC2)C(=O)/C1=C/c1cn(Cc2cccc(F)c2)c2ccccc12. The first-order valence-corrected chi connectivity index (χ1v) is 11.6. The average Bonchev–Trinajstić information content (AvgIpc) is 3.24. The Hall–Kier alpha value is -2.99. The van der Waals surface area contributed by atoms with Crippen molar-refractivity contribution in [2.24, 2.45) is 0 Å². The Bertz CT molecular complexity index is 1220. The van der Waals surface area contributed by atoms with E-state index < -0.39 is 0 Å². The minimum atomic E-state index is -0.240. The van der Waals surface area contributed by atoms with Crippen molar-refractivity contribution in [1.82, 2.24) is 14.4 Å². The van der Waals surface area contributed by atoms with Gasteiger partial charge in [-0.15, -0.1) is 0 Å². The molecule has 3 aromatic rings. The highest BCUT2D eigenvalue weighted by Gasteiger charge is 2.40. The molecule has 164 valence electrons. The maximum Gasteiger partial charge on any atom is 0.277 e. The summed E-state index contributed by atoms with van der Waals surface area (Å²) in [7, 11) is 1.88. The summed E-state index contributed by atoms with van der Waals surface area (Å²) in [6.45, 7) is 0.553. The largest absolute Gasteiger partial charge is 0.342 e. The van der Waals surface area contributed by atoms with Crippen LogP contribution in [0.4, 0.5) is 4.39 Å². The van der Waals surface area contributed by atoms with Gasteiger partial charge in [0.05, 0.1) is 0 Å². The quantitative estimate of drug-likeness (QED) is 0.387. The van der Waals surface area contributed by atoms with Crippen LogP contribution < -0.4 is 0 Å². The topological polar surface area (TPSA) is 28.5 Å². The van der Waals surface area contributed by atoms with E-state index in [4.69, 9.17) is 12.2 Å². The normalized spacial score (nSPS) is 19.0. The lowest BCUT2D eigenvalue weighted by atomic mass is 9.94. The Morgan fingerprint density at radius 1 is 1.09 bits per heavy atom. The van der Waals surface area contributed by atoms with Crippen LogP contribution in [0.2, 0.25) is 0 Å². The van der Waals surface area contributed by atoms with Crippen molar-refractivity contribution in [3.8, 4) is 0 Å². The fraction of sp³-hybridized carbons (Fsp3) is 0.308. The Morgan fingerprint density at radius 3 is 2.66 bits per heavy atom. The Labute approximate surface area is 192 Å². The summed E-state index contributed by atoms with van der Waals surface area (Å²) in [6.07, 6.45) is 9.53. The van der Waals surface area contributed by atoms with Gasteiger partial charge in [-0.05, 0) is 54.9 Å². The van der Waals surface area contributed by atoms with Gasteiger partial charge < -0.3 is 9.47 Å². The lowest BCUT2D eigenvalue weighted by molar-refractivity contribution is -0.124. The summed E-state index contributed by atoms with van der Waals surface area (Å²) in [5.41, 5.74) is 3.50. The van der Waals surface area contributed by atoms with Crippen LogP contribution in [0.3, 0.4) is 0 Å². The second-order valence-corrected chi connectivity index (χ2v) is 9.06. The number of rotatable bonds is 4. The van der Waals surface area contributed by atoms with Gasteiger partial charge >= 0.3 is 0 Å². The molecular weight excluding hydrogens is 421 g/mol. The van der Waals surface area contributed by atoms with Gasteiger partial charge in [0.1, 0.15) is 11.5 Å². The van der Waals surface area contributed by atoms with Crippen molar-refractivity contribution in [3.63, 3.8) is 0 Å². The third-order valence-corrected chi connectivity index (χ3v) is 7.06. The molecule has 0 N–H and O–H groups in total. The molecule has 2 aromatic carbocycles. The molecule has 1 amide bonds. The second kappa shape index (κ2) is 8.51. The molecule has 0 spiro atoms. The third-order valence-electron chi connectivity index (χ3n) is 6.59. The van der Waals surface area contributed by atoms with Crippen molar-refractivity contribution < 1.29 is 9.18 Å². The minimum absolute atomic E-state index is 0.00800. The zero-order chi connectivity index (χ0) is 22.2. The number of hydrogen-bond acceptors (Lipinski definition) is 2. The van der Waals surface area contributed by atoms with Crippen LogP contribution in [-0.2, 0) is 11.3 Å². The minimum Gasteiger partial charge on any atom is -0.342 e. The maximum atomic E-state index is 13.7. The molecule has 4 nitrogen and oxygen atoms in total. The summed E-state index contributed by atoms with van der Waals surface area (Å²) >= 11 is 5.66. The van der Waals surface area contributed by atoms with Crippen LogP contribution in [0, 0.1) is 5.82 Å². The number of fused-ring (bicyclic) bond motifs is 1. The van der Waals surface area contributed by atoms with E-state index in [-0.39, 0.29) is 17.8 Å². The fourth-order valence-electron chi connectivity index (χ4n) is 4.94. The predicted octanol–water partition coefficient (Wildman–Crippen LogP) is 5.56. The molecule has 2 fully saturated rings. The molecule has 32 heavy (non-hydrogen) atoms. The first-order chi connectivity index (χ1) is 15.5. The monoisotopic (exact) mass is 447 g/mol. The van der Waals surface area contributed by atoms with E-state index in [0.717, 1.165) is 47.7 Å². The van der Waals surface area contributed by atoms with Crippen LogP contribution in [-0.4, -0.2) is 38.5 Å². The maximum absolute atomic E-state index is 13.7. The molecule has 5 rings (SSSR count). The number of carbonyl (C=O) groups is 1. The van der Waals surface area contributed by atoms with Crippen molar-refractivity contribution in [1.29, 1.82) is 0 Å². The standard InChI is InChI=1S/C26H26FN3OS/c1-28-24(25(31)30(26(28)32)21-10-3-2-4-11-21)15-19-17-29(23-13-6-5-12-22(19)23)16-18-8-7-9-20(27)14-18/h5-9,12-15,17,21H,2-4,10-11,16H2,1H3/b24-15-. The Morgan fingerprint density at radius 2 is 1.88 bits per heavy atom. The van der Waals surface area contributed by atoms with Gasteiger partial charge in [-0.3, -0.25) is 9.69 Å². The molecule has 2 aliphatic rings. The number of aromatic nitrogens is 1. The van der Waals surface area contributed by atoms with Crippen molar-refractivity contribution in [2.75, 3.05) is 7.05 Å². The summed E-state index contributed by atoms with van der Waals surface area (Å²) in [5, 5.41) is 1.65. The molecule has 1 aliphatic carbocycles. The summed E-state index contributed by atoms with van der Waals surface area (Å²) in [6, 6.07) is 15.0. The van der Waals surface area contributed by atoms with E-state index in [9.17, 15) is 9.18 Å². The number of thiocarbonyl (C=S) groups is 1. The van der Waals surface area contributed by atoms with Gasteiger partial charge in [0.2, 0.25) is 0 Å². The molecule has 2 heterocycles. The summed E-state index contributed by atoms with van der Waals surface area (Å²) < 4.78 is 15.8. The predicted molar refractivity (Wildman–Crippen MR) is 129 cm³/mol. The van der Waals surface area contributed by atoms with E-state index in [1.54, 1.807) is 12.1 Å². The molecule has 1 saturated carbocycles. The highest BCUT2D eigenvalue weighted by molar-refractivity contribution is 7.80. The van der Waals surface area contributed by atoms with Crippen molar-refractivity contribution in [2.45, 2.75) is 44.7 Å².